The van der Waals surface area contributed by atoms with Crippen LogP contribution in [0.3, 0.4) is 0 Å². The van der Waals surface area contributed by atoms with Crippen LogP contribution in [-0.2, 0) is 9.53 Å². The van der Waals surface area contributed by atoms with Crippen molar-refractivity contribution in [3.8, 4) is 11.5 Å². The topological polar surface area (TPSA) is 79.1 Å². The van der Waals surface area contributed by atoms with Gasteiger partial charge in [0, 0.05) is 4.47 Å². The maximum Gasteiger partial charge on any atom is 0.338 e. The van der Waals surface area contributed by atoms with Gasteiger partial charge in [0.15, 0.2) is 16.3 Å². The molecule has 0 aliphatic carbocycles. The van der Waals surface area contributed by atoms with Crippen molar-refractivity contribution in [2.24, 2.45) is 4.99 Å². The number of esters is 1. The van der Waals surface area contributed by atoms with Crippen LogP contribution in [0.25, 0.3) is 6.08 Å². The molecule has 0 fully saturated rings. The van der Waals surface area contributed by atoms with Gasteiger partial charge in [-0.05, 0) is 36.3 Å². The van der Waals surface area contributed by atoms with Crippen LogP contribution in [0.15, 0.2) is 68.0 Å². The number of halogens is 1. The zero-order chi connectivity index (χ0) is 22.4. The van der Waals surface area contributed by atoms with Gasteiger partial charge in [0.2, 0.25) is 6.79 Å². The largest absolute Gasteiger partial charge is 0.466 e. The highest BCUT2D eigenvalue weighted by Gasteiger charge is 2.33. The summed E-state index contributed by atoms with van der Waals surface area (Å²) in [6.07, 6.45) is 1.79. The summed E-state index contributed by atoms with van der Waals surface area (Å²) in [6.45, 7) is 1.92. The number of allylic oxidation sites excluding steroid dienone is 1. The molecule has 0 saturated heterocycles. The third kappa shape index (κ3) is 3.37. The number of carbonyl (C=O) groups is 1. The van der Waals surface area contributed by atoms with E-state index in [0.717, 1.165) is 15.6 Å². The molecule has 5 rings (SSSR count). The first kappa shape index (κ1) is 20.7. The number of hydrogen-bond donors (Lipinski definition) is 0. The molecule has 0 spiro atoms. The minimum absolute atomic E-state index is 0.167. The lowest BCUT2D eigenvalue weighted by molar-refractivity contribution is -0.136. The number of aromatic nitrogens is 1. The predicted octanol–water partition coefficient (Wildman–Crippen LogP) is 2.90. The van der Waals surface area contributed by atoms with Crippen LogP contribution in [-0.4, -0.2) is 24.4 Å². The molecule has 3 aromatic rings. The van der Waals surface area contributed by atoms with E-state index >= 15 is 0 Å². The highest BCUT2D eigenvalue weighted by atomic mass is 79.9. The maximum atomic E-state index is 13.5. The second kappa shape index (κ2) is 8.07. The van der Waals surface area contributed by atoms with Crippen LogP contribution >= 0.6 is 27.3 Å². The summed E-state index contributed by atoms with van der Waals surface area (Å²) >= 11 is 4.81. The van der Waals surface area contributed by atoms with Crippen LogP contribution in [0.1, 0.15) is 24.1 Å². The zero-order valence-corrected chi connectivity index (χ0v) is 19.5. The van der Waals surface area contributed by atoms with E-state index in [1.165, 1.54) is 18.4 Å². The van der Waals surface area contributed by atoms with E-state index in [0.29, 0.717) is 32.1 Å². The average Bonchev–Trinajstić information content (AvgIpc) is 3.36. The molecule has 0 amide bonds. The fourth-order valence-electron chi connectivity index (χ4n) is 3.83. The summed E-state index contributed by atoms with van der Waals surface area (Å²) in [7, 11) is 1.33. The molecule has 0 unspecified atom stereocenters. The number of nitrogens with zero attached hydrogens (tertiary/aromatic N) is 2. The molecule has 0 radical (unpaired) electrons. The molecule has 1 aromatic heterocycles. The predicted molar refractivity (Wildman–Crippen MR) is 122 cm³/mol. The van der Waals surface area contributed by atoms with Gasteiger partial charge in [-0.25, -0.2) is 9.79 Å². The van der Waals surface area contributed by atoms with Gasteiger partial charge in [-0.2, -0.15) is 0 Å². The van der Waals surface area contributed by atoms with E-state index in [1.807, 2.05) is 42.5 Å². The molecule has 32 heavy (non-hydrogen) atoms. The highest BCUT2D eigenvalue weighted by Crippen LogP contribution is 2.37. The molecule has 2 aliphatic heterocycles. The SMILES string of the molecule is COC(=O)C1=C(C)N=c2s/c(=C\c3cc4c(cc3Br)OCO4)c(=O)n2[C@@H]1c1ccccc1. The van der Waals surface area contributed by atoms with Crippen molar-refractivity contribution < 1.29 is 19.0 Å². The van der Waals surface area contributed by atoms with Crippen LogP contribution in [0.2, 0.25) is 0 Å². The lowest BCUT2D eigenvalue weighted by atomic mass is 9.96. The van der Waals surface area contributed by atoms with E-state index < -0.39 is 12.0 Å². The first-order valence-corrected chi connectivity index (χ1v) is 11.3. The summed E-state index contributed by atoms with van der Waals surface area (Å²) in [5.74, 6) is 0.768. The summed E-state index contributed by atoms with van der Waals surface area (Å²) in [5.41, 5.74) is 2.23. The third-order valence-electron chi connectivity index (χ3n) is 5.32. The van der Waals surface area contributed by atoms with E-state index in [1.54, 1.807) is 17.6 Å². The summed E-state index contributed by atoms with van der Waals surface area (Å²) < 4.78 is 18.7. The summed E-state index contributed by atoms with van der Waals surface area (Å²) in [6, 6.07) is 12.4. The summed E-state index contributed by atoms with van der Waals surface area (Å²) in [5, 5.41) is 0. The van der Waals surface area contributed by atoms with Crippen molar-refractivity contribution in [2.45, 2.75) is 13.0 Å². The van der Waals surface area contributed by atoms with Gasteiger partial charge >= 0.3 is 5.97 Å². The average molecular weight is 513 g/mol. The Balaban J connectivity index is 1.73. The molecule has 3 heterocycles. The van der Waals surface area contributed by atoms with Gasteiger partial charge in [0.1, 0.15) is 0 Å². The molecule has 2 aliphatic rings. The van der Waals surface area contributed by atoms with Crippen molar-refractivity contribution >= 4 is 39.3 Å². The molecule has 0 saturated carbocycles. The normalized spacial score (nSPS) is 17.2. The minimum atomic E-state index is -0.623. The molecule has 2 aromatic carbocycles. The number of thiazole rings is 1. The Morgan fingerprint density at radius 3 is 2.69 bits per heavy atom. The van der Waals surface area contributed by atoms with Gasteiger partial charge in [-0.15, -0.1) is 0 Å². The number of fused-ring (bicyclic) bond motifs is 2. The van der Waals surface area contributed by atoms with E-state index in [4.69, 9.17) is 14.2 Å². The molecule has 162 valence electrons. The number of methoxy groups -OCH3 is 1. The van der Waals surface area contributed by atoms with Crippen LogP contribution in [0, 0.1) is 0 Å². The number of hydrogen-bond acceptors (Lipinski definition) is 7. The Hall–Kier alpha value is -3.17. The Bertz CT molecular complexity index is 1460. The van der Waals surface area contributed by atoms with Gasteiger partial charge in [-0.3, -0.25) is 9.36 Å². The second-order valence-corrected chi connectivity index (χ2v) is 9.07. The highest BCUT2D eigenvalue weighted by molar-refractivity contribution is 9.10. The first-order chi connectivity index (χ1) is 15.5. The second-order valence-electron chi connectivity index (χ2n) is 7.21. The lowest BCUT2D eigenvalue weighted by Crippen LogP contribution is -2.39. The van der Waals surface area contributed by atoms with E-state index in [9.17, 15) is 9.59 Å². The molecule has 7 nitrogen and oxygen atoms in total. The Morgan fingerprint density at radius 2 is 1.97 bits per heavy atom. The molecule has 9 heteroatoms. The van der Waals surface area contributed by atoms with E-state index in [2.05, 4.69) is 20.9 Å². The van der Waals surface area contributed by atoms with Crippen LogP contribution in [0.5, 0.6) is 11.5 Å². The number of carbonyl (C=O) groups excluding carboxylic acids is 1. The fourth-order valence-corrected chi connectivity index (χ4v) is 5.30. The molecule has 1 atom stereocenters. The van der Waals surface area contributed by atoms with Crippen molar-refractivity contribution in [3.63, 3.8) is 0 Å². The van der Waals surface area contributed by atoms with Crippen molar-refractivity contribution in [1.29, 1.82) is 0 Å². The van der Waals surface area contributed by atoms with Crippen molar-refractivity contribution in [2.75, 3.05) is 13.9 Å². The van der Waals surface area contributed by atoms with Crippen molar-refractivity contribution in [3.05, 3.63) is 89.0 Å². The number of rotatable bonds is 3. The Labute approximate surface area is 195 Å². The maximum absolute atomic E-state index is 13.5. The molecule has 0 N–H and O–H groups in total. The first-order valence-electron chi connectivity index (χ1n) is 9.73. The number of ether oxygens (including phenoxy) is 3. The number of benzene rings is 2. The third-order valence-corrected chi connectivity index (χ3v) is 6.99. The van der Waals surface area contributed by atoms with E-state index in [-0.39, 0.29) is 12.4 Å². The lowest BCUT2D eigenvalue weighted by Gasteiger charge is -2.24. The van der Waals surface area contributed by atoms with Crippen LogP contribution in [0.4, 0.5) is 0 Å². The summed E-state index contributed by atoms with van der Waals surface area (Å²) in [4.78, 5) is 31.3. The Kier molecular flexibility index (Phi) is 5.22. The van der Waals surface area contributed by atoms with Crippen LogP contribution < -0.4 is 24.4 Å². The standard InChI is InChI=1S/C23H17BrN2O5S/c1-12-19(22(28)29-2)20(13-6-4-3-5-7-13)26-21(27)18(32-23(26)25-12)9-14-8-16-17(10-15(14)24)31-11-30-16/h3-10,20H,11H2,1-2H3/b18-9-/t20-/m1/s1. The quantitative estimate of drug-likeness (QED) is 0.504. The molecular formula is C23H17BrN2O5S. The fraction of sp³-hybridized carbons (Fsp3) is 0.174. The molecule has 0 bridgehead atoms. The van der Waals surface area contributed by atoms with Crippen molar-refractivity contribution in [1.82, 2.24) is 4.57 Å². The van der Waals surface area contributed by atoms with Gasteiger partial charge in [-0.1, -0.05) is 57.6 Å². The van der Waals surface area contributed by atoms with Gasteiger partial charge < -0.3 is 14.2 Å². The Morgan fingerprint density at radius 1 is 1.25 bits per heavy atom. The minimum Gasteiger partial charge on any atom is -0.466 e. The monoisotopic (exact) mass is 512 g/mol. The van der Waals surface area contributed by atoms with Gasteiger partial charge in [0.05, 0.1) is 29.0 Å². The smallest absolute Gasteiger partial charge is 0.338 e. The van der Waals surface area contributed by atoms with Gasteiger partial charge in [0.25, 0.3) is 5.56 Å². The molecular weight excluding hydrogens is 496 g/mol. The zero-order valence-electron chi connectivity index (χ0n) is 17.1.